The van der Waals surface area contributed by atoms with Crippen molar-refractivity contribution in [2.24, 2.45) is 5.92 Å². The Morgan fingerprint density at radius 1 is 1.29 bits per heavy atom. The van der Waals surface area contributed by atoms with Crippen LogP contribution in [0.15, 0.2) is 24.3 Å². The third kappa shape index (κ3) is 5.71. The minimum Gasteiger partial charge on any atom is -0.355 e. The van der Waals surface area contributed by atoms with Crippen molar-refractivity contribution in [3.63, 3.8) is 0 Å². The lowest BCUT2D eigenvalue weighted by molar-refractivity contribution is -0.120. The molecule has 1 aromatic rings. The van der Waals surface area contributed by atoms with E-state index in [4.69, 9.17) is 11.6 Å². The van der Waals surface area contributed by atoms with Crippen molar-refractivity contribution < 1.29 is 4.79 Å². The van der Waals surface area contributed by atoms with Crippen molar-refractivity contribution in [1.82, 2.24) is 10.6 Å². The van der Waals surface area contributed by atoms with Crippen molar-refractivity contribution in [1.29, 1.82) is 0 Å². The van der Waals surface area contributed by atoms with Crippen LogP contribution in [0.5, 0.6) is 0 Å². The van der Waals surface area contributed by atoms with Crippen LogP contribution in [0.25, 0.3) is 0 Å². The molecule has 0 spiro atoms. The summed E-state index contributed by atoms with van der Waals surface area (Å²) < 4.78 is 0. The molecule has 1 unspecified atom stereocenters. The molecule has 1 atom stereocenters. The summed E-state index contributed by atoms with van der Waals surface area (Å²) in [4.78, 5) is 11.6. The highest BCUT2D eigenvalue weighted by atomic mass is 35.5. The molecule has 0 bridgehead atoms. The molecule has 0 aliphatic rings. The highest BCUT2D eigenvalue weighted by Crippen LogP contribution is 2.09. The Balaban J connectivity index is 2.32. The second-order valence-electron chi connectivity index (χ2n) is 4.27. The number of nitrogens with one attached hydrogen (secondary N) is 2. The van der Waals surface area contributed by atoms with Gasteiger partial charge in [0.15, 0.2) is 0 Å². The SMILES string of the molecule is CNCC(C)CNC(=O)Cc1ccc(Cl)cc1. The maximum absolute atomic E-state index is 11.6. The average Bonchev–Trinajstić information content (AvgIpc) is 2.30. The lowest BCUT2D eigenvalue weighted by atomic mass is 10.1. The van der Waals surface area contributed by atoms with E-state index in [0.29, 0.717) is 23.9 Å². The van der Waals surface area contributed by atoms with Gasteiger partial charge in [-0.15, -0.1) is 0 Å². The number of carbonyl (C=O) groups is 1. The normalized spacial score (nSPS) is 12.2. The molecule has 0 aliphatic carbocycles. The molecule has 1 amide bonds. The molecule has 1 aromatic carbocycles. The van der Waals surface area contributed by atoms with Crippen LogP contribution in [-0.2, 0) is 11.2 Å². The van der Waals surface area contributed by atoms with Gasteiger partial charge in [0.2, 0.25) is 5.91 Å². The van der Waals surface area contributed by atoms with Crippen molar-refractivity contribution in [3.05, 3.63) is 34.9 Å². The Bertz CT molecular complexity index is 351. The summed E-state index contributed by atoms with van der Waals surface area (Å²) in [7, 11) is 1.91. The first-order valence-corrected chi connectivity index (χ1v) is 6.15. The first-order valence-electron chi connectivity index (χ1n) is 5.77. The van der Waals surface area contributed by atoms with Gasteiger partial charge < -0.3 is 10.6 Å². The Hall–Kier alpha value is -1.06. The van der Waals surface area contributed by atoms with Crippen molar-refractivity contribution >= 4 is 17.5 Å². The molecule has 17 heavy (non-hydrogen) atoms. The molecule has 0 radical (unpaired) electrons. The molecule has 94 valence electrons. The highest BCUT2D eigenvalue weighted by Gasteiger charge is 2.05. The van der Waals surface area contributed by atoms with Crippen LogP contribution >= 0.6 is 11.6 Å². The summed E-state index contributed by atoms with van der Waals surface area (Å²) in [6.07, 6.45) is 0.406. The van der Waals surface area contributed by atoms with Gasteiger partial charge in [-0.25, -0.2) is 0 Å². The topological polar surface area (TPSA) is 41.1 Å². The van der Waals surface area contributed by atoms with Crippen LogP contribution < -0.4 is 10.6 Å². The van der Waals surface area contributed by atoms with Crippen molar-refractivity contribution in [2.75, 3.05) is 20.1 Å². The second-order valence-corrected chi connectivity index (χ2v) is 4.71. The molecule has 2 N–H and O–H groups in total. The van der Waals surface area contributed by atoms with E-state index in [-0.39, 0.29) is 5.91 Å². The maximum Gasteiger partial charge on any atom is 0.224 e. The molecule has 0 fully saturated rings. The molecular formula is C13H19ClN2O. The fourth-order valence-electron chi connectivity index (χ4n) is 1.56. The zero-order valence-corrected chi connectivity index (χ0v) is 11.1. The zero-order valence-electron chi connectivity index (χ0n) is 10.3. The van der Waals surface area contributed by atoms with E-state index in [0.717, 1.165) is 12.1 Å². The number of hydrogen-bond donors (Lipinski definition) is 2. The van der Waals surface area contributed by atoms with Gasteiger partial charge >= 0.3 is 0 Å². The Morgan fingerprint density at radius 2 is 1.94 bits per heavy atom. The molecule has 0 aromatic heterocycles. The smallest absolute Gasteiger partial charge is 0.224 e. The van der Waals surface area contributed by atoms with Gasteiger partial charge in [0.05, 0.1) is 6.42 Å². The highest BCUT2D eigenvalue weighted by molar-refractivity contribution is 6.30. The monoisotopic (exact) mass is 254 g/mol. The van der Waals surface area contributed by atoms with Gasteiger partial charge in [-0.1, -0.05) is 30.7 Å². The van der Waals surface area contributed by atoms with Gasteiger partial charge in [0, 0.05) is 11.6 Å². The van der Waals surface area contributed by atoms with Crippen LogP contribution in [0.2, 0.25) is 5.02 Å². The summed E-state index contributed by atoms with van der Waals surface area (Å²) in [6, 6.07) is 7.35. The third-order valence-electron chi connectivity index (χ3n) is 2.48. The number of carbonyl (C=O) groups excluding carboxylic acids is 1. The van der Waals surface area contributed by atoms with Crippen molar-refractivity contribution in [2.45, 2.75) is 13.3 Å². The maximum atomic E-state index is 11.6. The van der Waals surface area contributed by atoms with Crippen molar-refractivity contribution in [3.8, 4) is 0 Å². The van der Waals surface area contributed by atoms with Crippen LogP contribution in [0.4, 0.5) is 0 Å². The lowest BCUT2D eigenvalue weighted by Gasteiger charge is -2.11. The Kier molecular flexibility index (Phi) is 6.01. The van der Waals surface area contributed by atoms with Crippen LogP contribution in [0, 0.1) is 5.92 Å². The summed E-state index contributed by atoms with van der Waals surface area (Å²) >= 11 is 5.78. The third-order valence-corrected chi connectivity index (χ3v) is 2.73. The molecule has 0 saturated heterocycles. The Labute approximate surface area is 108 Å². The van der Waals surface area contributed by atoms with Crippen LogP contribution in [0.3, 0.4) is 0 Å². The van der Waals surface area contributed by atoms with Gasteiger partial charge in [-0.05, 0) is 37.2 Å². The summed E-state index contributed by atoms with van der Waals surface area (Å²) in [6.45, 7) is 3.70. The number of amides is 1. The number of benzene rings is 1. The van der Waals surface area contributed by atoms with E-state index in [9.17, 15) is 4.79 Å². The summed E-state index contributed by atoms with van der Waals surface area (Å²) in [5.41, 5.74) is 0.980. The van der Waals surface area contributed by atoms with E-state index in [1.807, 2.05) is 19.2 Å². The lowest BCUT2D eigenvalue weighted by Crippen LogP contribution is -2.33. The molecule has 3 nitrogen and oxygen atoms in total. The number of hydrogen-bond acceptors (Lipinski definition) is 2. The van der Waals surface area contributed by atoms with Crippen LogP contribution in [-0.4, -0.2) is 26.0 Å². The fraction of sp³-hybridized carbons (Fsp3) is 0.462. The average molecular weight is 255 g/mol. The molecular weight excluding hydrogens is 236 g/mol. The molecule has 0 saturated carbocycles. The standard InChI is InChI=1S/C13H19ClN2O/c1-10(8-15-2)9-16-13(17)7-11-3-5-12(14)6-4-11/h3-6,10,15H,7-9H2,1-2H3,(H,16,17). The minimum atomic E-state index is 0.0512. The van der Waals surface area contributed by atoms with Gasteiger partial charge in [-0.3, -0.25) is 4.79 Å². The van der Waals surface area contributed by atoms with E-state index in [1.54, 1.807) is 12.1 Å². The fourth-order valence-corrected chi connectivity index (χ4v) is 1.68. The van der Waals surface area contributed by atoms with E-state index in [1.165, 1.54) is 0 Å². The first kappa shape index (κ1) is 14.0. The van der Waals surface area contributed by atoms with E-state index in [2.05, 4.69) is 17.6 Å². The van der Waals surface area contributed by atoms with Crippen LogP contribution in [0.1, 0.15) is 12.5 Å². The molecule has 0 heterocycles. The number of rotatable bonds is 6. The molecule has 4 heteroatoms. The zero-order chi connectivity index (χ0) is 12.7. The summed E-state index contributed by atoms with van der Waals surface area (Å²) in [5.74, 6) is 0.490. The van der Waals surface area contributed by atoms with Gasteiger partial charge in [0.25, 0.3) is 0 Å². The number of halogens is 1. The Morgan fingerprint density at radius 3 is 2.53 bits per heavy atom. The largest absolute Gasteiger partial charge is 0.355 e. The van der Waals surface area contributed by atoms with Gasteiger partial charge in [0.1, 0.15) is 0 Å². The quantitative estimate of drug-likeness (QED) is 0.814. The first-order chi connectivity index (χ1) is 8.11. The predicted molar refractivity (Wildman–Crippen MR) is 71.3 cm³/mol. The van der Waals surface area contributed by atoms with E-state index < -0.39 is 0 Å². The molecule has 0 aliphatic heterocycles. The van der Waals surface area contributed by atoms with Gasteiger partial charge in [-0.2, -0.15) is 0 Å². The molecule has 1 rings (SSSR count). The van der Waals surface area contributed by atoms with E-state index >= 15 is 0 Å². The minimum absolute atomic E-state index is 0.0512. The predicted octanol–water partition coefficient (Wildman–Crippen LogP) is 1.85. The summed E-state index contributed by atoms with van der Waals surface area (Å²) in [5, 5.41) is 6.69. The second kappa shape index (κ2) is 7.30.